The monoisotopic (exact) mass is 285 g/mol. The quantitative estimate of drug-likeness (QED) is 0.757. The molecule has 21 heavy (non-hydrogen) atoms. The average molecular weight is 285 g/mol. The first-order valence-electron chi connectivity index (χ1n) is 7.51. The molecular formula is C17H23N3O. The number of pyridine rings is 2. The Labute approximate surface area is 126 Å². The Morgan fingerprint density at radius 2 is 2.00 bits per heavy atom. The van der Waals surface area contributed by atoms with Crippen molar-refractivity contribution in [1.82, 2.24) is 15.3 Å². The molecule has 4 heteroatoms. The van der Waals surface area contributed by atoms with Gasteiger partial charge in [-0.25, -0.2) is 4.98 Å². The standard InChI is InChI=1S/C17H23N3O/c1-3-19-14(2)16-7-4-10-20-17(16)21-13-5-6-15-8-11-18-12-9-15/h4,7-12,14,19H,3,5-6,13H2,1-2H3. The summed E-state index contributed by atoms with van der Waals surface area (Å²) in [5.41, 5.74) is 2.40. The van der Waals surface area contributed by atoms with Crippen molar-refractivity contribution in [2.45, 2.75) is 32.7 Å². The SMILES string of the molecule is CCNC(C)c1cccnc1OCCCc1ccncc1. The first-order valence-corrected chi connectivity index (χ1v) is 7.51. The molecule has 0 fully saturated rings. The summed E-state index contributed by atoms with van der Waals surface area (Å²) in [5.74, 6) is 0.737. The van der Waals surface area contributed by atoms with Gasteiger partial charge in [0.05, 0.1) is 6.61 Å². The van der Waals surface area contributed by atoms with Crippen LogP contribution in [0.2, 0.25) is 0 Å². The highest BCUT2D eigenvalue weighted by Gasteiger charge is 2.11. The van der Waals surface area contributed by atoms with Gasteiger partial charge in [-0.3, -0.25) is 4.98 Å². The van der Waals surface area contributed by atoms with E-state index in [0.717, 1.165) is 30.8 Å². The fourth-order valence-electron chi connectivity index (χ4n) is 2.26. The van der Waals surface area contributed by atoms with Gasteiger partial charge in [-0.15, -0.1) is 0 Å². The molecule has 0 saturated carbocycles. The molecular weight excluding hydrogens is 262 g/mol. The zero-order chi connectivity index (χ0) is 14.9. The Morgan fingerprint density at radius 3 is 2.76 bits per heavy atom. The molecule has 0 aromatic carbocycles. The van der Waals surface area contributed by atoms with Gasteiger partial charge in [-0.1, -0.05) is 13.0 Å². The van der Waals surface area contributed by atoms with Crippen molar-refractivity contribution in [2.75, 3.05) is 13.2 Å². The number of hydrogen-bond acceptors (Lipinski definition) is 4. The van der Waals surface area contributed by atoms with E-state index in [-0.39, 0.29) is 6.04 Å². The maximum atomic E-state index is 5.86. The average Bonchev–Trinajstić information content (AvgIpc) is 2.53. The number of hydrogen-bond donors (Lipinski definition) is 1. The van der Waals surface area contributed by atoms with Crippen molar-refractivity contribution < 1.29 is 4.74 Å². The second kappa shape index (κ2) is 8.37. The summed E-state index contributed by atoms with van der Waals surface area (Å²) in [4.78, 5) is 8.38. The first kappa shape index (κ1) is 15.4. The molecule has 0 aliphatic rings. The van der Waals surface area contributed by atoms with Gasteiger partial charge in [0.25, 0.3) is 0 Å². The van der Waals surface area contributed by atoms with Crippen LogP contribution in [-0.4, -0.2) is 23.1 Å². The summed E-state index contributed by atoms with van der Waals surface area (Å²) in [7, 11) is 0. The summed E-state index contributed by atoms with van der Waals surface area (Å²) in [6.07, 6.45) is 7.39. The lowest BCUT2D eigenvalue weighted by molar-refractivity contribution is 0.293. The van der Waals surface area contributed by atoms with E-state index in [1.807, 2.05) is 30.6 Å². The lowest BCUT2D eigenvalue weighted by atomic mass is 10.1. The number of nitrogens with zero attached hydrogens (tertiary/aromatic N) is 2. The van der Waals surface area contributed by atoms with Gasteiger partial charge < -0.3 is 10.1 Å². The minimum absolute atomic E-state index is 0.249. The van der Waals surface area contributed by atoms with Crippen molar-refractivity contribution in [2.24, 2.45) is 0 Å². The zero-order valence-corrected chi connectivity index (χ0v) is 12.7. The molecule has 4 nitrogen and oxygen atoms in total. The number of aromatic nitrogens is 2. The third-order valence-corrected chi connectivity index (χ3v) is 3.38. The Bertz CT molecular complexity index is 531. The molecule has 2 aromatic heterocycles. The van der Waals surface area contributed by atoms with Gasteiger partial charge in [0.1, 0.15) is 0 Å². The normalized spacial score (nSPS) is 12.1. The highest BCUT2D eigenvalue weighted by molar-refractivity contribution is 5.28. The lowest BCUT2D eigenvalue weighted by Gasteiger charge is -2.16. The predicted octanol–water partition coefficient (Wildman–Crippen LogP) is 3.16. The van der Waals surface area contributed by atoms with Crippen LogP contribution in [0.1, 0.15) is 37.4 Å². The van der Waals surface area contributed by atoms with Crippen molar-refractivity contribution in [3.63, 3.8) is 0 Å². The van der Waals surface area contributed by atoms with Crippen molar-refractivity contribution in [3.8, 4) is 5.88 Å². The minimum atomic E-state index is 0.249. The maximum absolute atomic E-state index is 5.86. The van der Waals surface area contributed by atoms with E-state index in [2.05, 4.69) is 35.2 Å². The topological polar surface area (TPSA) is 47.0 Å². The second-order valence-electron chi connectivity index (χ2n) is 4.98. The molecule has 0 spiro atoms. The van der Waals surface area contributed by atoms with Crippen LogP contribution in [0.3, 0.4) is 0 Å². The molecule has 2 heterocycles. The van der Waals surface area contributed by atoms with Gasteiger partial charge in [0.15, 0.2) is 0 Å². The molecule has 0 amide bonds. The van der Waals surface area contributed by atoms with Gasteiger partial charge in [-0.2, -0.15) is 0 Å². The second-order valence-corrected chi connectivity index (χ2v) is 4.98. The molecule has 0 saturated heterocycles. The zero-order valence-electron chi connectivity index (χ0n) is 12.7. The summed E-state index contributed by atoms with van der Waals surface area (Å²) >= 11 is 0. The minimum Gasteiger partial charge on any atom is -0.477 e. The van der Waals surface area contributed by atoms with E-state index >= 15 is 0 Å². The van der Waals surface area contributed by atoms with Crippen molar-refractivity contribution >= 4 is 0 Å². The van der Waals surface area contributed by atoms with Gasteiger partial charge >= 0.3 is 0 Å². The van der Waals surface area contributed by atoms with Gasteiger partial charge in [0, 0.05) is 30.2 Å². The fourth-order valence-corrected chi connectivity index (χ4v) is 2.26. The molecule has 1 N–H and O–H groups in total. The summed E-state index contributed by atoms with van der Waals surface area (Å²) in [6, 6.07) is 8.35. The van der Waals surface area contributed by atoms with Crippen molar-refractivity contribution in [3.05, 3.63) is 54.0 Å². The van der Waals surface area contributed by atoms with Crippen LogP contribution in [0.25, 0.3) is 0 Å². The molecule has 1 atom stereocenters. The molecule has 0 aliphatic carbocycles. The largest absolute Gasteiger partial charge is 0.477 e. The van der Waals surface area contributed by atoms with Crippen LogP contribution in [-0.2, 0) is 6.42 Å². The Balaban J connectivity index is 1.85. The molecule has 0 aliphatic heterocycles. The highest BCUT2D eigenvalue weighted by Crippen LogP contribution is 2.22. The third kappa shape index (κ3) is 4.83. The molecule has 1 unspecified atom stereocenters. The Morgan fingerprint density at radius 1 is 1.19 bits per heavy atom. The van der Waals surface area contributed by atoms with E-state index in [0.29, 0.717) is 6.61 Å². The third-order valence-electron chi connectivity index (χ3n) is 3.38. The summed E-state index contributed by atoms with van der Waals surface area (Å²) in [5, 5.41) is 3.39. The van der Waals surface area contributed by atoms with E-state index in [4.69, 9.17) is 4.74 Å². The van der Waals surface area contributed by atoms with E-state index in [1.165, 1.54) is 5.56 Å². The van der Waals surface area contributed by atoms with Crippen LogP contribution < -0.4 is 10.1 Å². The highest BCUT2D eigenvalue weighted by atomic mass is 16.5. The molecule has 0 radical (unpaired) electrons. The number of ether oxygens (including phenoxy) is 1. The van der Waals surface area contributed by atoms with Gasteiger partial charge in [0.2, 0.25) is 5.88 Å². The maximum Gasteiger partial charge on any atom is 0.218 e. The van der Waals surface area contributed by atoms with E-state index in [9.17, 15) is 0 Å². The molecule has 2 rings (SSSR count). The van der Waals surface area contributed by atoms with Crippen LogP contribution in [0.15, 0.2) is 42.9 Å². The van der Waals surface area contributed by atoms with Crippen LogP contribution in [0.4, 0.5) is 0 Å². The fraction of sp³-hybridized carbons (Fsp3) is 0.412. The lowest BCUT2D eigenvalue weighted by Crippen LogP contribution is -2.19. The van der Waals surface area contributed by atoms with Crippen LogP contribution in [0, 0.1) is 0 Å². The van der Waals surface area contributed by atoms with Crippen LogP contribution >= 0.6 is 0 Å². The number of rotatable bonds is 8. The number of aryl methyl sites for hydroxylation is 1. The van der Waals surface area contributed by atoms with E-state index in [1.54, 1.807) is 6.20 Å². The predicted molar refractivity (Wildman–Crippen MR) is 84.4 cm³/mol. The first-order chi connectivity index (χ1) is 10.3. The van der Waals surface area contributed by atoms with Crippen LogP contribution in [0.5, 0.6) is 5.88 Å². The molecule has 2 aromatic rings. The summed E-state index contributed by atoms with van der Waals surface area (Å²) < 4.78 is 5.86. The molecule has 0 bridgehead atoms. The van der Waals surface area contributed by atoms with Crippen molar-refractivity contribution in [1.29, 1.82) is 0 Å². The number of nitrogens with one attached hydrogen (secondary N) is 1. The summed E-state index contributed by atoms with van der Waals surface area (Å²) in [6.45, 7) is 5.83. The Kier molecular flexibility index (Phi) is 6.16. The molecule has 112 valence electrons. The Hall–Kier alpha value is -1.94. The smallest absolute Gasteiger partial charge is 0.218 e. The van der Waals surface area contributed by atoms with Gasteiger partial charge in [-0.05, 0) is 50.1 Å². The van der Waals surface area contributed by atoms with E-state index < -0.39 is 0 Å².